The van der Waals surface area contributed by atoms with Gasteiger partial charge in [-0.25, -0.2) is 4.79 Å². The number of nitrogen functional groups attached to an aromatic ring is 1. The zero-order chi connectivity index (χ0) is 14.5. The third-order valence-electron chi connectivity index (χ3n) is 3.09. The molecule has 5 heteroatoms. The molecule has 4 nitrogen and oxygen atoms in total. The van der Waals surface area contributed by atoms with Crippen molar-refractivity contribution in [2.75, 3.05) is 11.1 Å². The SMILES string of the molecule is CCCC(Nc1cc(C(=O)O)ccc1N)c1cccs1. The molecule has 0 amide bonds. The molecule has 1 aromatic heterocycles. The van der Waals surface area contributed by atoms with E-state index in [9.17, 15) is 4.79 Å². The zero-order valence-electron chi connectivity index (χ0n) is 11.3. The number of carbonyl (C=O) groups is 1. The van der Waals surface area contributed by atoms with Crippen LogP contribution in [0.15, 0.2) is 35.7 Å². The third kappa shape index (κ3) is 3.30. The van der Waals surface area contributed by atoms with Crippen LogP contribution in [0.1, 0.15) is 41.0 Å². The van der Waals surface area contributed by atoms with Gasteiger partial charge >= 0.3 is 5.97 Å². The van der Waals surface area contributed by atoms with Crippen molar-refractivity contribution in [2.45, 2.75) is 25.8 Å². The van der Waals surface area contributed by atoms with Gasteiger partial charge in [-0.15, -0.1) is 11.3 Å². The first-order valence-corrected chi connectivity index (χ1v) is 7.42. The van der Waals surface area contributed by atoms with E-state index in [0.29, 0.717) is 11.4 Å². The highest BCUT2D eigenvalue weighted by atomic mass is 32.1. The largest absolute Gasteiger partial charge is 0.478 e. The quantitative estimate of drug-likeness (QED) is 0.703. The molecule has 0 aliphatic rings. The van der Waals surface area contributed by atoms with E-state index >= 15 is 0 Å². The maximum absolute atomic E-state index is 11.0. The maximum Gasteiger partial charge on any atom is 0.335 e. The summed E-state index contributed by atoms with van der Waals surface area (Å²) >= 11 is 1.69. The second-order valence-corrected chi connectivity index (χ2v) is 5.59. The van der Waals surface area contributed by atoms with Crippen LogP contribution in [0.4, 0.5) is 11.4 Å². The number of rotatable bonds is 6. The zero-order valence-corrected chi connectivity index (χ0v) is 12.1. The molecular weight excluding hydrogens is 272 g/mol. The lowest BCUT2D eigenvalue weighted by atomic mass is 10.1. The molecule has 0 fully saturated rings. The molecule has 4 N–H and O–H groups in total. The fraction of sp³-hybridized carbons (Fsp3) is 0.267. The van der Waals surface area contributed by atoms with Crippen molar-refractivity contribution in [1.82, 2.24) is 0 Å². The van der Waals surface area contributed by atoms with E-state index in [1.54, 1.807) is 23.5 Å². The molecule has 0 spiro atoms. The standard InChI is InChI=1S/C15H18N2O2S/c1-2-4-12(14-5-3-8-20-14)17-13-9-10(15(18)19)6-7-11(13)16/h3,5-9,12,17H,2,4,16H2,1H3,(H,18,19). The summed E-state index contributed by atoms with van der Waals surface area (Å²) in [5.41, 5.74) is 7.41. The summed E-state index contributed by atoms with van der Waals surface area (Å²) in [5, 5.41) is 14.5. The number of carboxylic acid groups (broad SMARTS) is 1. The van der Waals surface area contributed by atoms with Crippen molar-refractivity contribution in [3.05, 3.63) is 46.2 Å². The summed E-state index contributed by atoms with van der Waals surface area (Å²) < 4.78 is 0. The molecule has 0 saturated heterocycles. The van der Waals surface area contributed by atoms with Gasteiger partial charge in [-0.2, -0.15) is 0 Å². The van der Waals surface area contributed by atoms with Crippen molar-refractivity contribution in [3.8, 4) is 0 Å². The lowest BCUT2D eigenvalue weighted by Gasteiger charge is -2.19. The number of thiophene rings is 1. The van der Waals surface area contributed by atoms with Crippen molar-refractivity contribution in [3.63, 3.8) is 0 Å². The van der Waals surface area contributed by atoms with Gasteiger partial charge in [0.1, 0.15) is 0 Å². The molecule has 0 saturated carbocycles. The Kier molecular flexibility index (Phi) is 4.63. The highest BCUT2D eigenvalue weighted by Gasteiger charge is 2.14. The van der Waals surface area contributed by atoms with Gasteiger partial charge in [-0.05, 0) is 36.1 Å². The molecule has 0 aliphatic carbocycles. The van der Waals surface area contributed by atoms with Crippen LogP contribution < -0.4 is 11.1 Å². The minimum atomic E-state index is -0.948. The van der Waals surface area contributed by atoms with Crippen LogP contribution >= 0.6 is 11.3 Å². The molecular formula is C15H18N2O2S. The first-order chi connectivity index (χ1) is 9.61. The van der Waals surface area contributed by atoms with E-state index in [2.05, 4.69) is 18.3 Å². The van der Waals surface area contributed by atoms with Gasteiger partial charge in [-0.3, -0.25) is 0 Å². The fourth-order valence-corrected chi connectivity index (χ4v) is 2.88. The highest BCUT2D eigenvalue weighted by Crippen LogP contribution is 2.30. The van der Waals surface area contributed by atoms with Crippen molar-refractivity contribution >= 4 is 28.7 Å². The number of hydrogen-bond acceptors (Lipinski definition) is 4. The second-order valence-electron chi connectivity index (χ2n) is 4.61. The average molecular weight is 290 g/mol. The molecule has 0 radical (unpaired) electrons. The lowest BCUT2D eigenvalue weighted by Crippen LogP contribution is -2.11. The van der Waals surface area contributed by atoms with Gasteiger partial charge in [0.25, 0.3) is 0 Å². The van der Waals surface area contributed by atoms with Gasteiger partial charge < -0.3 is 16.2 Å². The fourth-order valence-electron chi connectivity index (χ4n) is 2.07. The van der Waals surface area contributed by atoms with E-state index in [4.69, 9.17) is 10.8 Å². The molecule has 2 aromatic rings. The Morgan fingerprint density at radius 3 is 2.85 bits per heavy atom. The molecule has 1 heterocycles. The number of nitrogens with one attached hydrogen (secondary N) is 1. The number of carboxylic acids is 1. The third-order valence-corrected chi connectivity index (χ3v) is 4.08. The molecule has 1 aromatic carbocycles. The minimum Gasteiger partial charge on any atom is -0.478 e. The van der Waals surface area contributed by atoms with E-state index < -0.39 is 5.97 Å². The maximum atomic E-state index is 11.0. The first kappa shape index (κ1) is 14.4. The summed E-state index contributed by atoms with van der Waals surface area (Å²) in [5.74, 6) is -0.948. The Balaban J connectivity index is 2.26. The van der Waals surface area contributed by atoms with Crippen LogP contribution in [0.2, 0.25) is 0 Å². The van der Waals surface area contributed by atoms with Gasteiger partial charge in [-0.1, -0.05) is 19.4 Å². The molecule has 0 aliphatic heterocycles. The van der Waals surface area contributed by atoms with Crippen molar-refractivity contribution in [1.29, 1.82) is 0 Å². The Hall–Kier alpha value is -2.01. The predicted molar refractivity (Wildman–Crippen MR) is 83.4 cm³/mol. The van der Waals surface area contributed by atoms with Gasteiger partial charge in [0.2, 0.25) is 0 Å². The van der Waals surface area contributed by atoms with Gasteiger partial charge in [0.05, 0.1) is 23.0 Å². The molecule has 0 bridgehead atoms. The molecule has 106 valence electrons. The molecule has 1 unspecified atom stereocenters. The van der Waals surface area contributed by atoms with Crippen molar-refractivity contribution < 1.29 is 9.90 Å². The van der Waals surface area contributed by atoms with E-state index in [0.717, 1.165) is 12.8 Å². The van der Waals surface area contributed by atoms with Crippen molar-refractivity contribution in [2.24, 2.45) is 0 Å². The number of nitrogens with two attached hydrogens (primary N) is 1. The van der Waals surface area contributed by atoms with Crippen LogP contribution in [0.25, 0.3) is 0 Å². The highest BCUT2D eigenvalue weighted by molar-refractivity contribution is 7.10. The topological polar surface area (TPSA) is 75.3 Å². The Morgan fingerprint density at radius 2 is 2.25 bits per heavy atom. The van der Waals surface area contributed by atoms with E-state index in [1.807, 2.05) is 11.4 Å². The smallest absolute Gasteiger partial charge is 0.335 e. The van der Waals surface area contributed by atoms with Crippen LogP contribution in [-0.2, 0) is 0 Å². The van der Waals surface area contributed by atoms with Crippen LogP contribution in [-0.4, -0.2) is 11.1 Å². The average Bonchev–Trinajstić information content (AvgIpc) is 2.94. The van der Waals surface area contributed by atoms with Crippen LogP contribution in [0.3, 0.4) is 0 Å². The summed E-state index contributed by atoms with van der Waals surface area (Å²) in [6.45, 7) is 2.12. The van der Waals surface area contributed by atoms with Gasteiger partial charge in [0.15, 0.2) is 0 Å². The van der Waals surface area contributed by atoms with Gasteiger partial charge in [0, 0.05) is 4.88 Å². The van der Waals surface area contributed by atoms with E-state index in [1.165, 1.54) is 10.9 Å². The Labute approximate surface area is 122 Å². The summed E-state index contributed by atoms with van der Waals surface area (Å²) in [4.78, 5) is 12.3. The summed E-state index contributed by atoms with van der Waals surface area (Å²) in [7, 11) is 0. The monoisotopic (exact) mass is 290 g/mol. The number of anilines is 2. The normalized spacial score (nSPS) is 12.1. The second kappa shape index (κ2) is 6.43. The molecule has 1 atom stereocenters. The Bertz CT molecular complexity index is 582. The predicted octanol–water partition coefficient (Wildman–Crippen LogP) is 3.98. The Morgan fingerprint density at radius 1 is 1.45 bits per heavy atom. The van der Waals surface area contributed by atoms with Crippen LogP contribution in [0.5, 0.6) is 0 Å². The van der Waals surface area contributed by atoms with E-state index in [-0.39, 0.29) is 11.6 Å². The first-order valence-electron chi connectivity index (χ1n) is 6.54. The summed E-state index contributed by atoms with van der Waals surface area (Å²) in [6, 6.07) is 8.99. The number of aromatic carboxylic acids is 1. The lowest BCUT2D eigenvalue weighted by molar-refractivity contribution is 0.0697. The number of benzene rings is 1. The molecule has 2 rings (SSSR count). The number of hydrogen-bond donors (Lipinski definition) is 3. The summed E-state index contributed by atoms with van der Waals surface area (Å²) in [6.07, 6.45) is 2.01. The van der Waals surface area contributed by atoms with Crippen LogP contribution in [0, 0.1) is 0 Å². The molecule has 20 heavy (non-hydrogen) atoms. The minimum absolute atomic E-state index is 0.159.